The Labute approximate surface area is 82.1 Å². The molecule has 12 heavy (non-hydrogen) atoms. The summed E-state index contributed by atoms with van der Waals surface area (Å²) in [5, 5.41) is 0.950. The van der Waals surface area contributed by atoms with Gasteiger partial charge in [-0.1, -0.05) is 47.0 Å². The SMILES string of the molecule is C#Cc1ccccc1C(C)CBr. The zero-order chi connectivity index (χ0) is 8.97. The van der Waals surface area contributed by atoms with E-state index in [4.69, 9.17) is 6.42 Å². The van der Waals surface area contributed by atoms with E-state index in [-0.39, 0.29) is 0 Å². The first kappa shape index (κ1) is 9.35. The summed E-state index contributed by atoms with van der Waals surface area (Å²) < 4.78 is 0. The molecule has 0 fully saturated rings. The van der Waals surface area contributed by atoms with Gasteiger partial charge in [-0.3, -0.25) is 0 Å². The first-order valence-electron chi connectivity index (χ1n) is 3.91. The van der Waals surface area contributed by atoms with E-state index >= 15 is 0 Å². The van der Waals surface area contributed by atoms with Gasteiger partial charge in [0, 0.05) is 10.9 Å². The summed E-state index contributed by atoms with van der Waals surface area (Å²) >= 11 is 3.45. The first-order valence-corrected chi connectivity index (χ1v) is 5.03. The van der Waals surface area contributed by atoms with Crippen molar-refractivity contribution < 1.29 is 0 Å². The quantitative estimate of drug-likeness (QED) is 0.533. The van der Waals surface area contributed by atoms with Crippen LogP contribution in [0.1, 0.15) is 24.0 Å². The zero-order valence-electron chi connectivity index (χ0n) is 7.05. The van der Waals surface area contributed by atoms with Crippen LogP contribution in [0.25, 0.3) is 0 Å². The average Bonchev–Trinajstić information content (AvgIpc) is 2.16. The van der Waals surface area contributed by atoms with Crippen LogP contribution in [-0.4, -0.2) is 5.33 Å². The van der Waals surface area contributed by atoms with Crippen LogP contribution in [0, 0.1) is 12.3 Å². The van der Waals surface area contributed by atoms with E-state index in [2.05, 4.69) is 34.8 Å². The third-order valence-corrected chi connectivity index (χ3v) is 2.85. The molecular weight excluding hydrogens is 212 g/mol. The maximum absolute atomic E-state index is 5.38. The number of benzene rings is 1. The molecule has 0 N–H and O–H groups in total. The molecule has 1 atom stereocenters. The van der Waals surface area contributed by atoms with E-state index in [9.17, 15) is 0 Å². The molecule has 1 aromatic rings. The molecule has 0 bridgehead atoms. The maximum atomic E-state index is 5.38. The molecule has 0 saturated carbocycles. The second kappa shape index (κ2) is 4.33. The summed E-state index contributed by atoms with van der Waals surface area (Å²) in [7, 11) is 0. The van der Waals surface area contributed by atoms with Crippen LogP contribution in [0.5, 0.6) is 0 Å². The van der Waals surface area contributed by atoms with Crippen molar-refractivity contribution in [3.8, 4) is 12.3 Å². The lowest BCUT2D eigenvalue weighted by atomic mass is 9.98. The fourth-order valence-corrected chi connectivity index (χ4v) is 1.49. The van der Waals surface area contributed by atoms with Crippen molar-refractivity contribution in [2.75, 3.05) is 5.33 Å². The van der Waals surface area contributed by atoms with Crippen molar-refractivity contribution in [1.29, 1.82) is 0 Å². The third kappa shape index (κ3) is 1.89. The minimum absolute atomic E-state index is 0.484. The molecule has 1 unspecified atom stereocenters. The van der Waals surface area contributed by atoms with E-state index in [1.165, 1.54) is 5.56 Å². The van der Waals surface area contributed by atoms with E-state index < -0.39 is 0 Å². The van der Waals surface area contributed by atoms with Crippen molar-refractivity contribution in [3.05, 3.63) is 35.4 Å². The molecule has 0 spiro atoms. The monoisotopic (exact) mass is 222 g/mol. The van der Waals surface area contributed by atoms with Crippen LogP contribution in [0.4, 0.5) is 0 Å². The highest BCUT2D eigenvalue weighted by atomic mass is 79.9. The molecule has 0 saturated heterocycles. The highest BCUT2D eigenvalue weighted by Crippen LogP contribution is 2.20. The molecule has 62 valence electrons. The van der Waals surface area contributed by atoms with Gasteiger partial charge >= 0.3 is 0 Å². The molecule has 0 heterocycles. The molecule has 0 aliphatic heterocycles. The lowest BCUT2D eigenvalue weighted by Crippen LogP contribution is -1.97. The fraction of sp³-hybridized carbons (Fsp3) is 0.273. The second-order valence-electron chi connectivity index (χ2n) is 2.79. The first-order chi connectivity index (χ1) is 5.79. The van der Waals surface area contributed by atoms with Gasteiger partial charge in [0.05, 0.1) is 0 Å². The number of halogens is 1. The number of rotatable bonds is 2. The van der Waals surface area contributed by atoms with Gasteiger partial charge in [0.15, 0.2) is 0 Å². The van der Waals surface area contributed by atoms with Gasteiger partial charge in [-0.25, -0.2) is 0 Å². The number of terminal acetylenes is 1. The molecule has 0 nitrogen and oxygen atoms in total. The van der Waals surface area contributed by atoms with Crippen LogP contribution >= 0.6 is 15.9 Å². The Morgan fingerprint density at radius 3 is 2.75 bits per heavy atom. The molecule has 0 amide bonds. The zero-order valence-corrected chi connectivity index (χ0v) is 8.64. The molecule has 0 aromatic heterocycles. The molecule has 1 aromatic carbocycles. The topological polar surface area (TPSA) is 0 Å². The van der Waals surface area contributed by atoms with E-state index in [1.807, 2.05) is 18.2 Å². The third-order valence-electron chi connectivity index (χ3n) is 1.88. The summed E-state index contributed by atoms with van der Waals surface area (Å²) in [5.74, 6) is 3.17. The summed E-state index contributed by atoms with van der Waals surface area (Å²) in [5.41, 5.74) is 2.25. The predicted molar refractivity (Wildman–Crippen MR) is 56.6 cm³/mol. The largest absolute Gasteiger partial charge is 0.115 e. The molecule has 0 aliphatic rings. The second-order valence-corrected chi connectivity index (χ2v) is 3.43. The van der Waals surface area contributed by atoms with Crippen LogP contribution in [0.15, 0.2) is 24.3 Å². The molecule has 1 rings (SSSR count). The maximum Gasteiger partial charge on any atom is 0.0277 e. The van der Waals surface area contributed by atoms with Gasteiger partial charge in [-0.05, 0) is 17.5 Å². The number of alkyl halides is 1. The fourth-order valence-electron chi connectivity index (χ4n) is 1.14. The Balaban J connectivity index is 3.07. The number of hydrogen-bond acceptors (Lipinski definition) is 0. The molecule has 0 radical (unpaired) electrons. The predicted octanol–water partition coefficient (Wildman–Crippen LogP) is 3.17. The Hall–Kier alpha value is -0.740. The summed E-state index contributed by atoms with van der Waals surface area (Å²) in [4.78, 5) is 0. The molecule has 0 aliphatic carbocycles. The van der Waals surface area contributed by atoms with Crippen molar-refractivity contribution in [1.82, 2.24) is 0 Å². The lowest BCUT2D eigenvalue weighted by Gasteiger charge is -2.09. The smallest absolute Gasteiger partial charge is 0.0277 e. The van der Waals surface area contributed by atoms with E-state index in [0.717, 1.165) is 10.9 Å². The minimum atomic E-state index is 0.484. The van der Waals surface area contributed by atoms with Gasteiger partial charge in [0.2, 0.25) is 0 Å². The van der Waals surface area contributed by atoms with Crippen molar-refractivity contribution in [2.24, 2.45) is 0 Å². The minimum Gasteiger partial charge on any atom is -0.115 e. The molecule has 1 heteroatoms. The molecular formula is C11H11Br. The van der Waals surface area contributed by atoms with Crippen LogP contribution in [0.3, 0.4) is 0 Å². The van der Waals surface area contributed by atoms with E-state index in [1.54, 1.807) is 0 Å². The van der Waals surface area contributed by atoms with Crippen molar-refractivity contribution in [2.45, 2.75) is 12.8 Å². The van der Waals surface area contributed by atoms with Crippen LogP contribution in [0.2, 0.25) is 0 Å². The normalized spacial score (nSPS) is 12.1. The van der Waals surface area contributed by atoms with Gasteiger partial charge in [0.1, 0.15) is 0 Å². The number of hydrogen-bond donors (Lipinski definition) is 0. The summed E-state index contributed by atoms with van der Waals surface area (Å²) in [6.45, 7) is 2.16. The Morgan fingerprint density at radius 1 is 1.50 bits per heavy atom. The lowest BCUT2D eigenvalue weighted by molar-refractivity contribution is 0.884. The van der Waals surface area contributed by atoms with E-state index in [0.29, 0.717) is 5.92 Å². The Morgan fingerprint density at radius 2 is 2.17 bits per heavy atom. The van der Waals surface area contributed by atoms with Crippen LogP contribution < -0.4 is 0 Å². The summed E-state index contributed by atoms with van der Waals surface area (Å²) in [6, 6.07) is 8.06. The highest BCUT2D eigenvalue weighted by Gasteiger charge is 2.06. The summed E-state index contributed by atoms with van der Waals surface area (Å²) in [6.07, 6.45) is 5.38. The van der Waals surface area contributed by atoms with Crippen molar-refractivity contribution >= 4 is 15.9 Å². The van der Waals surface area contributed by atoms with Gasteiger partial charge in [-0.2, -0.15) is 0 Å². The van der Waals surface area contributed by atoms with Gasteiger partial charge in [0.25, 0.3) is 0 Å². The Bertz CT molecular complexity index is 296. The standard InChI is InChI=1S/C11H11Br/c1-3-10-6-4-5-7-11(10)9(2)8-12/h1,4-7,9H,8H2,2H3. The Kier molecular flexibility index (Phi) is 3.37. The van der Waals surface area contributed by atoms with Gasteiger partial charge in [-0.15, -0.1) is 6.42 Å². The van der Waals surface area contributed by atoms with Crippen LogP contribution in [-0.2, 0) is 0 Å². The average molecular weight is 223 g/mol. The van der Waals surface area contributed by atoms with Crippen molar-refractivity contribution in [3.63, 3.8) is 0 Å². The highest BCUT2D eigenvalue weighted by molar-refractivity contribution is 9.09. The van der Waals surface area contributed by atoms with Gasteiger partial charge < -0.3 is 0 Å².